The molecule has 0 radical (unpaired) electrons. The number of ether oxygens (including phenoxy) is 1. The van der Waals surface area contributed by atoms with Crippen LogP contribution in [0.3, 0.4) is 0 Å². The third-order valence-electron chi connectivity index (χ3n) is 7.79. The molecule has 0 amide bonds. The molecule has 2 heterocycles. The van der Waals surface area contributed by atoms with E-state index in [2.05, 4.69) is 135 Å². The van der Waals surface area contributed by atoms with Gasteiger partial charge in [0.15, 0.2) is 0 Å². The topological polar surface area (TPSA) is 24.5 Å². The normalized spacial score (nSPS) is 12.5. The minimum Gasteiger partial charge on any atom is -0.510 e. The van der Waals surface area contributed by atoms with E-state index in [1.54, 1.807) is 0 Å². The van der Waals surface area contributed by atoms with E-state index in [9.17, 15) is 0 Å². The summed E-state index contributed by atoms with van der Waals surface area (Å²) in [6, 6.07) is 44.6. The van der Waals surface area contributed by atoms with E-state index in [0.29, 0.717) is 11.5 Å². The fraction of sp³-hybridized carbons (Fsp3) is 0.128. The Morgan fingerprint density at radius 2 is 1.33 bits per heavy atom. The number of para-hydroxylation sites is 2. The van der Waals surface area contributed by atoms with Crippen LogP contribution in [0.2, 0.25) is 0 Å². The van der Waals surface area contributed by atoms with Crippen LogP contribution in [0.1, 0.15) is 26.3 Å². The smallest absolute Gasteiger partial charge is 0.510 e. The van der Waals surface area contributed by atoms with Gasteiger partial charge in [-0.15, -0.1) is 42.7 Å². The van der Waals surface area contributed by atoms with Gasteiger partial charge >= 0.3 is 21.1 Å². The van der Waals surface area contributed by atoms with E-state index in [1.165, 1.54) is 16.7 Å². The SMILES string of the molecule is C[n+]1[c-]n(-c2[c-]c(Oc3[c-]c(N4[CH-]N(c5cc(C(C)(C)C)ccc5-c5ccccc5)c5ccccc54)ccc3)ccc2)cc1.[Pt+4]. The minimum absolute atomic E-state index is 0. The summed E-state index contributed by atoms with van der Waals surface area (Å²) in [6.07, 6.45) is 7.08. The first-order valence-electron chi connectivity index (χ1n) is 14.8. The van der Waals surface area contributed by atoms with Crippen molar-refractivity contribution in [3.63, 3.8) is 0 Å². The molecular weight excluding hydrogens is 736 g/mol. The fourth-order valence-corrected chi connectivity index (χ4v) is 5.48. The third kappa shape index (κ3) is 6.18. The average Bonchev–Trinajstić information content (AvgIpc) is 3.65. The first-order valence-corrected chi connectivity index (χ1v) is 14.8. The van der Waals surface area contributed by atoms with Gasteiger partial charge < -0.3 is 23.7 Å². The second-order valence-corrected chi connectivity index (χ2v) is 12.0. The standard InChI is InChI=1S/C39H33N4O.Pt/c1-39(2,3)30-20-21-35(29-12-6-5-7-13-29)38(24-30)43-28-42(36-18-8-9-19-37(36)43)32-15-11-17-34(26-32)44-33-16-10-14-31(25-33)41-23-22-40(4)27-41;/h5-24,28H,1-4H3;/q-3;+4. The maximum atomic E-state index is 6.28. The molecule has 0 aliphatic carbocycles. The van der Waals surface area contributed by atoms with Crippen LogP contribution in [0.15, 0.2) is 122 Å². The number of fused-ring (bicyclic) bond motifs is 1. The van der Waals surface area contributed by atoms with E-state index >= 15 is 0 Å². The number of nitrogens with zero attached hydrogens (tertiary/aromatic N) is 4. The molecule has 0 saturated heterocycles. The van der Waals surface area contributed by atoms with Gasteiger partial charge in [-0.25, -0.2) is 0 Å². The van der Waals surface area contributed by atoms with E-state index in [4.69, 9.17) is 4.74 Å². The molecule has 0 bridgehead atoms. The van der Waals surface area contributed by atoms with Crippen molar-refractivity contribution >= 4 is 22.7 Å². The van der Waals surface area contributed by atoms with Gasteiger partial charge in [-0.1, -0.05) is 81.1 Å². The molecule has 0 atom stereocenters. The Morgan fingerprint density at radius 3 is 2.00 bits per heavy atom. The number of rotatable bonds is 6. The van der Waals surface area contributed by atoms with Crippen molar-refractivity contribution in [3.05, 3.63) is 152 Å². The Kier molecular flexibility index (Phi) is 8.40. The predicted octanol–water partition coefficient (Wildman–Crippen LogP) is 8.87. The number of hydrogen-bond acceptors (Lipinski definition) is 3. The molecule has 0 spiro atoms. The van der Waals surface area contributed by atoms with Gasteiger partial charge in [0.25, 0.3) is 0 Å². The van der Waals surface area contributed by atoms with Crippen LogP contribution in [0, 0.1) is 25.1 Å². The molecule has 1 aliphatic heterocycles. The van der Waals surface area contributed by atoms with Crippen molar-refractivity contribution in [2.75, 3.05) is 9.80 Å². The number of imidazole rings is 1. The van der Waals surface area contributed by atoms with Crippen LogP contribution < -0.4 is 19.1 Å². The largest absolute Gasteiger partial charge is 4.00 e. The zero-order valence-electron chi connectivity index (χ0n) is 25.6. The van der Waals surface area contributed by atoms with Crippen LogP contribution in [0.5, 0.6) is 11.5 Å². The molecular formula is C39H33N4OPt+. The molecule has 6 heteroatoms. The van der Waals surface area contributed by atoms with Gasteiger partial charge in [0, 0.05) is 46.5 Å². The maximum absolute atomic E-state index is 6.28. The Morgan fingerprint density at radius 1 is 0.689 bits per heavy atom. The number of aryl methyl sites for hydroxylation is 1. The molecule has 0 N–H and O–H groups in total. The zero-order chi connectivity index (χ0) is 30.3. The van der Waals surface area contributed by atoms with Crippen LogP contribution in [0.25, 0.3) is 16.8 Å². The summed E-state index contributed by atoms with van der Waals surface area (Å²) in [7, 11) is 1.94. The van der Waals surface area contributed by atoms with Crippen LogP contribution in [-0.2, 0) is 33.5 Å². The zero-order valence-corrected chi connectivity index (χ0v) is 27.9. The molecule has 5 nitrogen and oxygen atoms in total. The Bertz CT molecular complexity index is 1940. The van der Waals surface area contributed by atoms with Gasteiger partial charge in [-0.3, -0.25) is 0 Å². The third-order valence-corrected chi connectivity index (χ3v) is 7.79. The number of hydrogen-bond donors (Lipinski definition) is 0. The summed E-state index contributed by atoms with van der Waals surface area (Å²) in [4.78, 5) is 4.47. The van der Waals surface area contributed by atoms with E-state index < -0.39 is 0 Å². The molecule has 224 valence electrons. The summed E-state index contributed by atoms with van der Waals surface area (Å²) in [5.41, 5.74) is 8.69. The second kappa shape index (κ2) is 12.4. The maximum Gasteiger partial charge on any atom is 4.00 e. The molecule has 0 saturated carbocycles. The summed E-state index contributed by atoms with van der Waals surface area (Å²) in [5, 5.41) is 0. The van der Waals surface area contributed by atoms with Crippen molar-refractivity contribution in [1.82, 2.24) is 4.57 Å². The van der Waals surface area contributed by atoms with Crippen LogP contribution in [0.4, 0.5) is 22.7 Å². The fourth-order valence-electron chi connectivity index (χ4n) is 5.48. The monoisotopic (exact) mass is 768 g/mol. The summed E-state index contributed by atoms with van der Waals surface area (Å²) < 4.78 is 10.0. The number of aromatic nitrogens is 2. The average molecular weight is 769 g/mol. The van der Waals surface area contributed by atoms with Crippen molar-refractivity contribution in [2.24, 2.45) is 7.05 Å². The summed E-state index contributed by atoms with van der Waals surface area (Å²) in [6.45, 7) is 8.93. The van der Waals surface area contributed by atoms with Gasteiger partial charge in [-0.05, 0) is 34.7 Å². The van der Waals surface area contributed by atoms with Gasteiger partial charge in [-0.2, -0.15) is 18.2 Å². The first-order chi connectivity index (χ1) is 21.3. The predicted molar refractivity (Wildman–Crippen MR) is 176 cm³/mol. The van der Waals surface area contributed by atoms with Crippen molar-refractivity contribution in [1.29, 1.82) is 0 Å². The first kappa shape index (κ1) is 30.4. The second-order valence-electron chi connectivity index (χ2n) is 12.0. The molecule has 0 fully saturated rings. The van der Waals surface area contributed by atoms with E-state index in [1.807, 2.05) is 58.9 Å². The molecule has 6 aromatic rings. The molecule has 45 heavy (non-hydrogen) atoms. The minimum atomic E-state index is 0. The van der Waals surface area contributed by atoms with Crippen molar-refractivity contribution < 1.29 is 30.4 Å². The molecule has 1 aliphatic rings. The van der Waals surface area contributed by atoms with Crippen LogP contribution in [-0.4, -0.2) is 4.57 Å². The Balaban J connectivity index is 0.00000357. The van der Waals surface area contributed by atoms with Gasteiger partial charge in [0.2, 0.25) is 6.33 Å². The Hall–Kier alpha value is -4.60. The van der Waals surface area contributed by atoms with Crippen molar-refractivity contribution in [3.8, 4) is 28.3 Å². The van der Waals surface area contributed by atoms with Gasteiger partial charge in [0.05, 0.1) is 7.05 Å². The number of benzene rings is 5. The summed E-state index contributed by atoms with van der Waals surface area (Å²) >= 11 is 0. The number of anilines is 4. The van der Waals surface area contributed by atoms with Gasteiger partial charge in [0.1, 0.15) is 0 Å². The van der Waals surface area contributed by atoms with Crippen LogP contribution >= 0.6 is 0 Å². The molecule has 7 rings (SSSR count). The van der Waals surface area contributed by atoms with Crippen molar-refractivity contribution in [2.45, 2.75) is 26.2 Å². The quantitative estimate of drug-likeness (QED) is 0.125. The van der Waals surface area contributed by atoms with E-state index in [0.717, 1.165) is 28.4 Å². The molecule has 1 aromatic heterocycles. The molecule has 0 unspecified atom stereocenters. The summed E-state index contributed by atoms with van der Waals surface area (Å²) in [5.74, 6) is 1.22. The Labute approximate surface area is 280 Å². The molecule has 5 aromatic carbocycles. The van der Waals surface area contributed by atoms with E-state index in [-0.39, 0.29) is 26.5 Å².